The van der Waals surface area contributed by atoms with Gasteiger partial charge in [-0.05, 0) is 25.3 Å². The molecule has 3 rings (SSSR count). The number of hydrogen-bond acceptors (Lipinski definition) is 4. The summed E-state index contributed by atoms with van der Waals surface area (Å²) in [5, 5.41) is 4.93. The van der Waals surface area contributed by atoms with Gasteiger partial charge in [0.2, 0.25) is 18.0 Å². The zero-order valence-corrected chi connectivity index (χ0v) is 20.5. The number of nitrogens with zero attached hydrogens (tertiary/aromatic N) is 1. The minimum Gasteiger partial charge on any atom is -0.369 e. The minimum absolute atomic E-state index is 0.312. The molecule has 1 aliphatic heterocycles. The molecule has 0 spiro atoms. The molecule has 210 valence electrons. The van der Waals surface area contributed by atoms with Crippen molar-refractivity contribution in [3.05, 3.63) is 65.7 Å². The van der Waals surface area contributed by atoms with Crippen LogP contribution in [0.4, 0.5) is 32.0 Å². The van der Waals surface area contributed by atoms with E-state index in [-0.39, 0.29) is 0 Å². The quantitative estimate of drug-likeness (QED) is 0.369. The van der Waals surface area contributed by atoms with Crippen LogP contribution in [0.3, 0.4) is 0 Å². The highest BCUT2D eigenvalue weighted by atomic mass is 19.4. The van der Waals surface area contributed by atoms with Gasteiger partial charge >= 0.3 is 12.4 Å². The predicted octanol–water partition coefficient (Wildman–Crippen LogP) is 4.71. The summed E-state index contributed by atoms with van der Waals surface area (Å²) in [5.41, 5.74) is 7.09. The van der Waals surface area contributed by atoms with Crippen molar-refractivity contribution in [2.75, 3.05) is 5.32 Å². The molecule has 0 unspecified atom stereocenters. The molecular weight excluding hydrogens is 530 g/mol. The van der Waals surface area contributed by atoms with Gasteiger partial charge in [-0.25, -0.2) is 4.99 Å². The van der Waals surface area contributed by atoms with Crippen molar-refractivity contribution in [1.29, 1.82) is 0 Å². The van der Waals surface area contributed by atoms with Gasteiger partial charge in [0.15, 0.2) is 0 Å². The summed E-state index contributed by atoms with van der Waals surface area (Å²) in [6.07, 6.45) is -15.8. The number of benzene rings is 2. The average Bonchev–Trinajstić information content (AvgIpc) is 2.98. The van der Waals surface area contributed by atoms with Crippen LogP contribution < -0.4 is 16.4 Å². The summed E-state index contributed by atoms with van der Waals surface area (Å²) in [6.45, 7) is 0. The third kappa shape index (κ3) is 8.55. The van der Waals surface area contributed by atoms with E-state index < -0.39 is 80.2 Å². The SMILES string of the molecule is NC(=O)[C@@H](CCC(F)(F)F)[C@@H](CCCC(F)(F)F)C(=O)N[C@H]1N=C(c2ccccc2)c2ccccc2NC1=O. The number of anilines is 1. The summed E-state index contributed by atoms with van der Waals surface area (Å²) in [6, 6.07) is 15.3. The van der Waals surface area contributed by atoms with E-state index in [1.165, 1.54) is 0 Å². The lowest BCUT2D eigenvalue weighted by Crippen LogP contribution is -2.48. The van der Waals surface area contributed by atoms with E-state index in [2.05, 4.69) is 15.6 Å². The van der Waals surface area contributed by atoms with Crippen molar-refractivity contribution in [3.8, 4) is 0 Å². The van der Waals surface area contributed by atoms with E-state index in [1.807, 2.05) is 0 Å². The zero-order valence-electron chi connectivity index (χ0n) is 20.5. The fourth-order valence-corrected chi connectivity index (χ4v) is 4.32. The number of rotatable bonds is 10. The van der Waals surface area contributed by atoms with Crippen molar-refractivity contribution in [1.82, 2.24) is 5.32 Å². The van der Waals surface area contributed by atoms with Crippen LogP contribution in [0.15, 0.2) is 59.6 Å². The van der Waals surface area contributed by atoms with Crippen molar-refractivity contribution in [2.45, 2.75) is 50.6 Å². The number of carbonyl (C=O) groups is 3. The normalized spacial score (nSPS) is 17.2. The first-order valence-corrected chi connectivity index (χ1v) is 12.0. The monoisotopic (exact) mass is 556 g/mol. The highest BCUT2D eigenvalue weighted by Gasteiger charge is 2.39. The van der Waals surface area contributed by atoms with Gasteiger partial charge in [0, 0.05) is 35.8 Å². The Morgan fingerprint density at radius 3 is 2.13 bits per heavy atom. The Morgan fingerprint density at radius 1 is 0.897 bits per heavy atom. The van der Waals surface area contributed by atoms with E-state index in [0.717, 1.165) is 0 Å². The fraction of sp³-hybridized carbons (Fsp3) is 0.385. The van der Waals surface area contributed by atoms with Crippen LogP contribution in [0.1, 0.15) is 43.2 Å². The lowest BCUT2D eigenvalue weighted by molar-refractivity contribution is -0.147. The molecule has 2 aromatic rings. The molecule has 0 bridgehead atoms. The van der Waals surface area contributed by atoms with E-state index in [1.54, 1.807) is 54.6 Å². The van der Waals surface area contributed by atoms with Crippen LogP contribution in [0.5, 0.6) is 0 Å². The second kappa shape index (κ2) is 12.3. The number of halogens is 6. The van der Waals surface area contributed by atoms with Crippen molar-refractivity contribution in [2.24, 2.45) is 22.6 Å². The van der Waals surface area contributed by atoms with Crippen molar-refractivity contribution < 1.29 is 40.7 Å². The Bertz CT molecular complexity index is 1210. The fourth-order valence-electron chi connectivity index (χ4n) is 4.32. The van der Waals surface area contributed by atoms with E-state index in [4.69, 9.17) is 5.73 Å². The molecule has 13 heteroatoms. The maximum Gasteiger partial charge on any atom is 0.389 e. The van der Waals surface area contributed by atoms with Crippen molar-refractivity contribution >= 4 is 29.1 Å². The number of fused-ring (bicyclic) bond motifs is 1. The lowest BCUT2D eigenvalue weighted by atomic mass is 9.83. The highest BCUT2D eigenvalue weighted by molar-refractivity contribution is 6.19. The first kappa shape index (κ1) is 29.7. The van der Waals surface area contributed by atoms with Gasteiger partial charge in [-0.3, -0.25) is 14.4 Å². The average molecular weight is 557 g/mol. The molecule has 3 amide bonds. The molecule has 1 aliphatic rings. The van der Waals surface area contributed by atoms with E-state index in [0.29, 0.717) is 22.5 Å². The summed E-state index contributed by atoms with van der Waals surface area (Å²) in [5.74, 6) is -6.53. The van der Waals surface area contributed by atoms with Crippen LogP contribution >= 0.6 is 0 Å². The van der Waals surface area contributed by atoms with Crippen LogP contribution in [-0.2, 0) is 14.4 Å². The molecule has 7 nitrogen and oxygen atoms in total. The zero-order chi connectivity index (χ0) is 28.8. The Kier molecular flexibility index (Phi) is 9.36. The van der Waals surface area contributed by atoms with Gasteiger partial charge in [0.25, 0.3) is 5.91 Å². The number of primary amides is 1. The molecule has 0 fully saturated rings. The molecule has 0 saturated heterocycles. The van der Waals surface area contributed by atoms with Gasteiger partial charge < -0.3 is 16.4 Å². The molecule has 2 aromatic carbocycles. The molecule has 0 radical (unpaired) electrons. The Labute approximate surface area is 219 Å². The number of amides is 3. The Balaban J connectivity index is 1.94. The number of nitrogens with two attached hydrogens (primary N) is 1. The standard InChI is InChI=1S/C26H26F6N4O3/c27-25(28,29)13-6-10-17(16(21(33)37)12-14-26(30,31)32)23(38)36-22-24(39)34-19-11-5-4-9-18(19)20(35-22)15-7-2-1-3-8-15/h1-5,7-9,11,16-17,22H,6,10,12-14H2,(H2,33,37)(H,34,39)(H,36,38)/t16-,17+,22+/m0/s1. The Hall–Kier alpha value is -3.90. The third-order valence-electron chi connectivity index (χ3n) is 6.17. The molecule has 0 saturated carbocycles. The third-order valence-corrected chi connectivity index (χ3v) is 6.17. The molecule has 3 atom stereocenters. The second-order valence-corrected chi connectivity index (χ2v) is 9.07. The van der Waals surface area contributed by atoms with Gasteiger partial charge in [-0.1, -0.05) is 48.5 Å². The number of para-hydroxylation sites is 1. The number of nitrogens with one attached hydrogen (secondary N) is 2. The summed E-state index contributed by atoms with van der Waals surface area (Å²) < 4.78 is 76.9. The van der Waals surface area contributed by atoms with Gasteiger partial charge in [-0.15, -0.1) is 0 Å². The van der Waals surface area contributed by atoms with Gasteiger partial charge in [-0.2, -0.15) is 26.3 Å². The number of hydrogen-bond donors (Lipinski definition) is 3. The summed E-state index contributed by atoms with van der Waals surface area (Å²) in [7, 11) is 0. The van der Waals surface area contributed by atoms with Crippen LogP contribution in [0.2, 0.25) is 0 Å². The molecule has 4 N–H and O–H groups in total. The van der Waals surface area contributed by atoms with Gasteiger partial charge in [0.05, 0.1) is 11.4 Å². The Morgan fingerprint density at radius 2 is 1.51 bits per heavy atom. The number of benzodiazepines with no additional fused rings is 1. The number of carbonyl (C=O) groups excluding carboxylic acids is 3. The highest BCUT2D eigenvalue weighted by Crippen LogP contribution is 2.32. The summed E-state index contributed by atoms with van der Waals surface area (Å²) >= 11 is 0. The smallest absolute Gasteiger partial charge is 0.369 e. The molecular formula is C26H26F6N4O3. The van der Waals surface area contributed by atoms with Crippen LogP contribution in [-0.4, -0.2) is 42.0 Å². The first-order valence-electron chi connectivity index (χ1n) is 12.0. The number of aliphatic imine (C=N–C) groups is 1. The topological polar surface area (TPSA) is 114 Å². The van der Waals surface area contributed by atoms with Gasteiger partial charge in [0.1, 0.15) is 0 Å². The first-order chi connectivity index (χ1) is 18.2. The van der Waals surface area contributed by atoms with Crippen LogP contribution in [0, 0.1) is 11.8 Å². The molecule has 1 heterocycles. The predicted molar refractivity (Wildman–Crippen MR) is 130 cm³/mol. The van der Waals surface area contributed by atoms with Crippen LogP contribution in [0.25, 0.3) is 0 Å². The maximum atomic E-state index is 13.3. The van der Waals surface area contributed by atoms with E-state index in [9.17, 15) is 40.7 Å². The molecule has 0 aromatic heterocycles. The van der Waals surface area contributed by atoms with E-state index >= 15 is 0 Å². The molecule has 0 aliphatic carbocycles. The molecule has 39 heavy (non-hydrogen) atoms. The minimum atomic E-state index is -4.69. The van der Waals surface area contributed by atoms with Crippen molar-refractivity contribution in [3.63, 3.8) is 0 Å². The largest absolute Gasteiger partial charge is 0.389 e. The second-order valence-electron chi connectivity index (χ2n) is 9.07. The summed E-state index contributed by atoms with van der Waals surface area (Å²) in [4.78, 5) is 42.7. The number of alkyl halides is 6. The lowest BCUT2D eigenvalue weighted by Gasteiger charge is -2.26. The maximum absolute atomic E-state index is 13.3.